The molecule has 6 nitrogen and oxygen atoms in total. The largest absolute Gasteiger partial charge is 0.375 e. The van der Waals surface area contributed by atoms with E-state index in [1.165, 1.54) is 11.5 Å². The van der Waals surface area contributed by atoms with Crippen LogP contribution in [-0.4, -0.2) is 30.5 Å². The van der Waals surface area contributed by atoms with E-state index in [-0.39, 0.29) is 0 Å². The number of aromatic nitrogens is 1. The third kappa shape index (κ3) is 5.85. The van der Waals surface area contributed by atoms with E-state index in [0.29, 0.717) is 25.7 Å². The van der Waals surface area contributed by atoms with E-state index in [2.05, 4.69) is 20.0 Å². The highest BCUT2D eigenvalue weighted by Crippen LogP contribution is 2.01. The number of nitrogens with zero attached hydrogens (tertiary/aromatic N) is 3. The topological polar surface area (TPSA) is 82.3 Å². The molecule has 0 fully saturated rings. The summed E-state index contributed by atoms with van der Waals surface area (Å²) in [7, 11) is 1.62. The van der Waals surface area contributed by atoms with Gasteiger partial charge in [0, 0.05) is 25.6 Å². The summed E-state index contributed by atoms with van der Waals surface area (Å²) in [5.74, 6) is 0.479. The molecule has 0 aliphatic heterocycles. The van der Waals surface area contributed by atoms with Gasteiger partial charge in [0.25, 0.3) is 0 Å². The van der Waals surface area contributed by atoms with Crippen LogP contribution in [0.25, 0.3) is 0 Å². The molecule has 0 atom stereocenters. The number of nitrogens with one attached hydrogen (secondary N) is 2. The van der Waals surface area contributed by atoms with Gasteiger partial charge in [-0.1, -0.05) is 0 Å². The molecular weight excluding hydrogens is 238 g/mol. The van der Waals surface area contributed by atoms with Crippen molar-refractivity contribution >= 4 is 17.5 Å². The van der Waals surface area contributed by atoms with E-state index in [1.807, 2.05) is 17.6 Å². The van der Waals surface area contributed by atoms with Crippen LogP contribution < -0.4 is 10.6 Å². The van der Waals surface area contributed by atoms with Crippen LogP contribution in [0.4, 0.5) is 0 Å². The molecule has 0 unspecified atom stereocenters. The van der Waals surface area contributed by atoms with Crippen LogP contribution >= 0.6 is 11.5 Å². The molecule has 0 aliphatic carbocycles. The first kappa shape index (κ1) is 13.4. The maximum absolute atomic E-state index is 8.40. The van der Waals surface area contributed by atoms with Gasteiger partial charge in [0.2, 0.25) is 5.96 Å². The molecule has 1 aromatic heterocycles. The smallest absolute Gasteiger partial charge is 0.204 e. The first-order valence-electron chi connectivity index (χ1n) is 5.19. The molecule has 92 valence electrons. The van der Waals surface area contributed by atoms with Crippen LogP contribution in [0.15, 0.2) is 16.4 Å². The predicted octanol–water partition coefficient (Wildman–Crippen LogP) is 0.696. The minimum atomic E-state index is 0.479. The maximum Gasteiger partial charge on any atom is 0.204 e. The Balaban J connectivity index is 1.99. The summed E-state index contributed by atoms with van der Waals surface area (Å²) in [6.45, 7) is 1.90. The van der Waals surface area contributed by atoms with Crippen molar-refractivity contribution in [1.82, 2.24) is 15.0 Å². The summed E-state index contributed by atoms with van der Waals surface area (Å²) in [6.07, 6.45) is 2.65. The van der Waals surface area contributed by atoms with Gasteiger partial charge in [-0.15, -0.1) is 0 Å². The summed E-state index contributed by atoms with van der Waals surface area (Å²) in [4.78, 5) is 3.86. The molecule has 0 aliphatic rings. The molecule has 0 amide bonds. The van der Waals surface area contributed by atoms with Gasteiger partial charge in [-0.2, -0.15) is 9.64 Å². The number of aliphatic imine (C=N–C) groups is 1. The average molecular weight is 253 g/mol. The fourth-order valence-electron chi connectivity index (χ4n) is 1.10. The molecule has 0 bridgehead atoms. The summed E-state index contributed by atoms with van der Waals surface area (Å²) in [5, 5.41) is 15.8. The summed E-state index contributed by atoms with van der Waals surface area (Å²) in [5.41, 5.74) is 0.963. The Morgan fingerprint density at radius 3 is 3.24 bits per heavy atom. The van der Waals surface area contributed by atoms with Gasteiger partial charge in [0.1, 0.15) is 0 Å². The molecule has 1 heterocycles. The molecule has 7 heteroatoms. The number of hydrogen-bond acceptors (Lipinski definition) is 5. The average Bonchev–Trinajstić information content (AvgIpc) is 2.85. The maximum atomic E-state index is 8.40. The van der Waals surface area contributed by atoms with Crippen LogP contribution in [-0.2, 0) is 11.3 Å². The van der Waals surface area contributed by atoms with Gasteiger partial charge in [-0.05, 0) is 24.0 Å². The summed E-state index contributed by atoms with van der Waals surface area (Å²) < 4.78 is 9.57. The first-order valence-corrected chi connectivity index (χ1v) is 6.03. The number of rotatable bonds is 6. The summed E-state index contributed by atoms with van der Waals surface area (Å²) >= 11 is 1.42. The molecule has 2 N–H and O–H groups in total. The lowest BCUT2D eigenvalue weighted by Gasteiger charge is -2.06. The monoisotopic (exact) mass is 253 g/mol. The highest BCUT2D eigenvalue weighted by Gasteiger charge is 1.96. The van der Waals surface area contributed by atoms with E-state index in [4.69, 9.17) is 10.00 Å². The molecule has 0 saturated heterocycles. The number of guanidine groups is 1. The second-order valence-corrected chi connectivity index (χ2v) is 3.80. The van der Waals surface area contributed by atoms with Crippen LogP contribution in [0, 0.1) is 11.5 Å². The zero-order chi connectivity index (χ0) is 12.3. The second kappa shape index (κ2) is 8.50. The third-order valence-electron chi connectivity index (χ3n) is 1.90. The van der Waals surface area contributed by atoms with Gasteiger partial charge in [0.15, 0.2) is 6.19 Å². The first-order chi connectivity index (χ1) is 8.36. The second-order valence-electron chi connectivity index (χ2n) is 3.13. The van der Waals surface area contributed by atoms with Crippen molar-refractivity contribution in [2.75, 3.05) is 20.2 Å². The van der Waals surface area contributed by atoms with Crippen LogP contribution in [0.2, 0.25) is 0 Å². The van der Waals surface area contributed by atoms with Gasteiger partial charge < -0.3 is 10.1 Å². The Hall–Kier alpha value is -1.65. The minimum Gasteiger partial charge on any atom is -0.375 e. The lowest BCUT2D eigenvalue weighted by molar-refractivity contribution is 0.117. The Morgan fingerprint density at radius 1 is 1.71 bits per heavy atom. The van der Waals surface area contributed by atoms with Crippen molar-refractivity contribution in [2.45, 2.75) is 13.0 Å². The van der Waals surface area contributed by atoms with Crippen LogP contribution in [0.3, 0.4) is 0 Å². The molecule has 0 saturated carbocycles. The molecule has 17 heavy (non-hydrogen) atoms. The molecular formula is C10H15N5OS. The quantitative estimate of drug-likeness (QED) is 0.256. The fraction of sp³-hybridized carbons (Fsp3) is 0.500. The highest BCUT2D eigenvalue weighted by atomic mass is 32.1. The van der Waals surface area contributed by atoms with Crippen LogP contribution in [0.5, 0.6) is 0 Å². The molecule has 1 rings (SSSR count). The third-order valence-corrected chi connectivity index (χ3v) is 2.49. The van der Waals surface area contributed by atoms with Gasteiger partial charge in [-0.3, -0.25) is 10.3 Å². The SMILES string of the molecule is C/N=C(\NC#N)NCCCOCc1ccsn1. The van der Waals surface area contributed by atoms with Gasteiger partial charge >= 0.3 is 0 Å². The van der Waals surface area contributed by atoms with Crippen molar-refractivity contribution in [3.8, 4) is 6.19 Å². The number of ether oxygens (including phenoxy) is 1. The fourth-order valence-corrected chi connectivity index (χ4v) is 1.63. The Kier molecular flexibility index (Phi) is 6.70. The van der Waals surface area contributed by atoms with Gasteiger partial charge in [-0.25, -0.2) is 0 Å². The zero-order valence-electron chi connectivity index (χ0n) is 9.64. The lowest BCUT2D eigenvalue weighted by Crippen LogP contribution is -2.35. The number of nitriles is 1. The standard InChI is InChI=1S/C10H15N5OS/c1-12-10(14-8-11)13-4-2-5-16-7-9-3-6-17-15-9/h3,6H,2,4-5,7H2,1H3,(H2,12,13,14). The molecule has 0 radical (unpaired) electrons. The minimum absolute atomic E-state index is 0.479. The Morgan fingerprint density at radius 2 is 2.59 bits per heavy atom. The normalized spacial score (nSPS) is 10.9. The Bertz CT molecular complexity index is 371. The molecule has 0 spiro atoms. The number of hydrogen-bond donors (Lipinski definition) is 2. The summed E-state index contributed by atoms with van der Waals surface area (Å²) in [6, 6.07) is 1.95. The zero-order valence-corrected chi connectivity index (χ0v) is 10.5. The van der Waals surface area contributed by atoms with E-state index in [9.17, 15) is 0 Å². The van der Waals surface area contributed by atoms with E-state index in [0.717, 1.165) is 12.1 Å². The lowest BCUT2D eigenvalue weighted by atomic mass is 10.4. The molecule has 0 aromatic carbocycles. The van der Waals surface area contributed by atoms with Crippen molar-refractivity contribution in [3.05, 3.63) is 17.1 Å². The van der Waals surface area contributed by atoms with E-state index in [1.54, 1.807) is 7.05 Å². The van der Waals surface area contributed by atoms with E-state index >= 15 is 0 Å². The van der Waals surface area contributed by atoms with E-state index < -0.39 is 0 Å². The predicted molar refractivity (Wildman–Crippen MR) is 66.5 cm³/mol. The highest BCUT2D eigenvalue weighted by molar-refractivity contribution is 7.03. The van der Waals surface area contributed by atoms with Crippen LogP contribution in [0.1, 0.15) is 12.1 Å². The van der Waals surface area contributed by atoms with Crippen molar-refractivity contribution in [3.63, 3.8) is 0 Å². The van der Waals surface area contributed by atoms with Crippen molar-refractivity contribution in [2.24, 2.45) is 4.99 Å². The van der Waals surface area contributed by atoms with Gasteiger partial charge in [0.05, 0.1) is 12.3 Å². The van der Waals surface area contributed by atoms with Crippen molar-refractivity contribution < 1.29 is 4.74 Å². The Labute approximate surface area is 104 Å². The molecule has 1 aromatic rings. The van der Waals surface area contributed by atoms with Crippen molar-refractivity contribution in [1.29, 1.82) is 5.26 Å².